The Morgan fingerprint density at radius 3 is 3.04 bits per heavy atom. The molecule has 114 valence electrons. The van der Waals surface area contributed by atoms with Crippen molar-refractivity contribution in [3.63, 3.8) is 0 Å². The Balaban J connectivity index is 1.58. The maximum Gasteiger partial charge on any atom is 0.277 e. The van der Waals surface area contributed by atoms with E-state index in [0.29, 0.717) is 22.9 Å². The number of carbonyl (C=O) groups is 1. The maximum absolute atomic E-state index is 12.2. The number of aromatic nitrogens is 4. The summed E-state index contributed by atoms with van der Waals surface area (Å²) in [5, 5.41) is 14.2. The van der Waals surface area contributed by atoms with E-state index in [1.54, 1.807) is 18.2 Å². The summed E-state index contributed by atoms with van der Waals surface area (Å²) in [7, 11) is 0. The molecule has 0 saturated heterocycles. The third-order valence-electron chi connectivity index (χ3n) is 3.36. The van der Waals surface area contributed by atoms with Crippen LogP contribution >= 0.6 is 0 Å². The summed E-state index contributed by atoms with van der Waals surface area (Å²) in [6, 6.07) is 6.77. The molecule has 0 aliphatic heterocycles. The lowest BCUT2D eigenvalue weighted by atomic mass is 10.2. The van der Waals surface area contributed by atoms with E-state index in [9.17, 15) is 4.79 Å². The molecule has 0 saturated carbocycles. The van der Waals surface area contributed by atoms with E-state index in [4.69, 9.17) is 8.94 Å². The van der Waals surface area contributed by atoms with Gasteiger partial charge in [0.2, 0.25) is 5.76 Å². The van der Waals surface area contributed by atoms with Gasteiger partial charge >= 0.3 is 0 Å². The highest BCUT2D eigenvalue weighted by atomic mass is 16.5. The summed E-state index contributed by atoms with van der Waals surface area (Å²) < 4.78 is 10.3. The SMILES string of the molecule is Cc1[nH]nc2ncc(NC(=O)c3cc(-c4ccco4)on3)cc12. The van der Waals surface area contributed by atoms with Crippen LogP contribution in [-0.4, -0.2) is 26.2 Å². The van der Waals surface area contributed by atoms with Crippen LogP contribution in [0.4, 0.5) is 5.69 Å². The van der Waals surface area contributed by atoms with Crippen LogP contribution in [0.2, 0.25) is 0 Å². The van der Waals surface area contributed by atoms with E-state index in [0.717, 1.165) is 11.1 Å². The zero-order valence-electron chi connectivity index (χ0n) is 12.0. The highest BCUT2D eigenvalue weighted by molar-refractivity contribution is 6.03. The summed E-state index contributed by atoms with van der Waals surface area (Å²) in [5.41, 5.74) is 2.18. The fourth-order valence-electron chi connectivity index (χ4n) is 2.20. The molecule has 0 aromatic carbocycles. The minimum absolute atomic E-state index is 0.153. The van der Waals surface area contributed by atoms with Crippen LogP contribution in [0.15, 0.2) is 45.7 Å². The predicted octanol–water partition coefficient (Wildman–Crippen LogP) is 2.77. The molecule has 0 bridgehead atoms. The number of carbonyl (C=O) groups excluding carboxylic acids is 1. The first-order chi connectivity index (χ1) is 11.2. The zero-order chi connectivity index (χ0) is 15.8. The third-order valence-corrected chi connectivity index (χ3v) is 3.36. The van der Waals surface area contributed by atoms with Crippen molar-refractivity contribution in [3.05, 3.63) is 48.1 Å². The molecule has 0 unspecified atom stereocenters. The minimum atomic E-state index is -0.395. The molecule has 1 amide bonds. The zero-order valence-corrected chi connectivity index (χ0v) is 12.0. The van der Waals surface area contributed by atoms with Gasteiger partial charge in [0.05, 0.1) is 18.1 Å². The molecule has 0 fully saturated rings. The molecule has 8 heteroatoms. The number of anilines is 1. The Morgan fingerprint density at radius 2 is 2.22 bits per heavy atom. The van der Waals surface area contributed by atoms with Gasteiger partial charge in [-0.3, -0.25) is 9.89 Å². The van der Waals surface area contributed by atoms with Gasteiger partial charge < -0.3 is 14.3 Å². The second kappa shape index (κ2) is 5.09. The average Bonchev–Trinajstić information content (AvgIpc) is 3.27. The molecule has 23 heavy (non-hydrogen) atoms. The molecule has 0 radical (unpaired) electrons. The summed E-state index contributed by atoms with van der Waals surface area (Å²) in [6.07, 6.45) is 3.06. The van der Waals surface area contributed by atoms with Crippen molar-refractivity contribution in [2.75, 3.05) is 5.32 Å². The van der Waals surface area contributed by atoms with Gasteiger partial charge in [-0.1, -0.05) is 5.16 Å². The molecule has 0 atom stereocenters. The van der Waals surface area contributed by atoms with E-state index in [-0.39, 0.29) is 5.69 Å². The number of hydrogen-bond acceptors (Lipinski definition) is 6. The lowest BCUT2D eigenvalue weighted by Crippen LogP contribution is -2.12. The van der Waals surface area contributed by atoms with E-state index in [1.165, 1.54) is 18.5 Å². The molecule has 0 spiro atoms. The molecular weight excluding hydrogens is 298 g/mol. The largest absolute Gasteiger partial charge is 0.461 e. The van der Waals surface area contributed by atoms with Gasteiger partial charge in [0.1, 0.15) is 0 Å². The summed E-state index contributed by atoms with van der Waals surface area (Å²) in [6.45, 7) is 1.88. The average molecular weight is 309 g/mol. The lowest BCUT2D eigenvalue weighted by Gasteiger charge is -2.01. The van der Waals surface area contributed by atoms with Crippen molar-refractivity contribution in [2.45, 2.75) is 6.92 Å². The van der Waals surface area contributed by atoms with Crippen LogP contribution < -0.4 is 5.32 Å². The molecule has 4 aromatic rings. The van der Waals surface area contributed by atoms with Gasteiger partial charge in [-0.15, -0.1) is 0 Å². The number of H-pyrrole nitrogens is 1. The number of pyridine rings is 1. The molecule has 8 nitrogen and oxygen atoms in total. The Morgan fingerprint density at radius 1 is 1.30 bits per heavy atom. The maximum atomic E-state index is 12.2. The van der Waals surface area contributed by atoms with E-state index in [1.807, 2.05) is 6.92 Å². The van der Waals surface area contributed by atoms with Crippen molar-refractivity contribution in [1.82, 2.24) is 20.3 Å². The number of amides is 1. The number of fused-ring (bicyclic) bond motifs is 1. The van der Waals surface area contributed by atoms with Crippen molar-refractivity contribution in [3.8, 4) is 11.5 Å². The normalized spacial score (nSPS) is 11.0. The van der Waals surface area contributed by atoms with E-state index < -0.39 is 5.91 Å². The van der Waals surface area contributed by atoms with Crippen LogP contribution in [0.25, 0.3) is 22.6 Å². The van der Waals surface area contributed by atoms with Crippen LogP contribution in [0.1, 0.15) is 16.2 Å². The minimum Gasteiger partial charge on any atom is -0.461 e. The smallest absolute Gasteiger partial charge is 0.277 e. The van der Waals surface area contributed by atoms with Gasteiger partial charge in [-0.25, -0.2) is 4.98 Å². The number of furan rings is 1. The molecule has 0 aliphatic rings. The summed E-state index contributed by atoms with van der Waals surface area (Å²) in [5.74, 6) is 0.502. The Labute approximate surface area is 129 Å². The molecule has 0 aliphatic carbocycles. The molecular formula is C15H11N5O3. The highest BCUT2D eigenvalue weighted by Crippen LogP contribution is 2.22. The van der Waals surface area contributed by atoms with Crippen LogP contribution in [-0.2, 0) is 0 Å². The summed E-state index contributed by atoms with van der Waals surface area (Å²) in [4.78, 5) is 16.4. The number of hydrogen-bond donors (Lipinski definition) is 2. The Hall–Kier alpha value is -3.42. The van der Waals surface area contributed by atoms with Crippen molar-refractivity contribution >= 4 is 22.6 Å². The van der Waals surface area contributed by atoms with Gasteiger partial charge in [-0.2, -0.15) is 5.10 Å². The van der Waals surface area contributed by atoms with Crippen LogP contribution in [0, 0.1) is 6.92 Å². The van der Waals surface area contributed by atoms with E-state index >= 15 is 0 Å². The Bertz CT molecular complexity index is 984. The summed E-state index contributed by atoms with van der Waals surface area (Å²) >= 11 is 0. The lowest BCUT2D eigenvalue weighted by molar-refractivity contribution is 0.101. The Kier molecular flexibility index (Phi) is 2.94. The first-order valence-corrected chi connectivity index (χ1v) is 6.83. The molecule has 4 heterocycles. The second-order valence-corrected chi connectivity index (χ2v) is 4.95. The number of aromatic amines is 1. The van der Waals surface area contributed by atoms with Gasteiger partial charge in [0.25, 0.3) is 5.91 Å². The topological polar surface area (TPSA) is 110 Å². The van der Waals surface area contributed by atoms with Crippen molar-refractivity contribution in [1.29, 1.82) is 0 Å². The van der Waals surface area contributed by atoms with Crippen molar-refractivity contribution in [2.24, 2.45) is 0 Å². The standard InChI is InChI=1S/C15H11N5O3/c1-8-10-5-9(7-16-14(10)19-18-8)17-15(21)11-6-13(23-20-11)12-3-2-4-22-12/h2-7H,1H3,(H,17,21)(H,16,18,19). The van der Waals surface area contributed by atoms with Crippen LogP contribution in [0.3, 0.4) is 0 Å². The van der Waals surface area contributed by atoms with Gasteiger partial charge in [-0.05, 0) is 25.1 Å². The number of aryl methyl sites for hydroxylation is 1. The fraction of sp³-hybridized carbons (Fsp3) is 0.0667. The number of nitrogens with one attached hydrogen (secondary N) is 2. The van der Waals surface area contributed by atoms with Crippen molar-refractivity contribution < 1.29 is 13.7 Å². The van der Waals surface area contributed by atoms with E-state index in [2.05, 4.69) is 25.7 Å². The fourth-order valence-corrected chi connectivity index (χ4v) is 2.20. The first kappa shape index (κ1) is 13.3. The quantitative estimate of drug-likeness (QED) is 0.602. The number of rotatable bonds is 3. The molecule has 2 N–H and O–H groups in total. The van der Waals surface area contributed by atoms with Gasteiger partial charge in [0.15, 0.2) is 17.1 Å². The molecule has 4 aromatic heterocycles. The highest BCUT2D eigenvalue weighted by Gasteiger charge is 2.16. The predicted molar refractivity (Wildman–Crippen MR) is 80.8 cm³/mol. The third kappa shape index (κ3) is 2.35. The first-order valence-electron chi connectivity index (χ1n) is 6.83. The monoisotopic (exact) mass is 309 g/mol. The van der Waals surface area contributed by atoms with Gasteiger partial charge in [0, 0.05) is 17.1 Å². The van der Waals surface area contributed by atoms with Crippen LogP contribution in [0.5, 0.6) is 0 Å². The number of nitrogens with zero attached hydrogens (tertiary/aromatic N) is 3. The second-order valence-electron chi connectivity index (χ2n) is 4.95. The molecule has 4 rings (SSSR count).